The van der Waals surface area contributed by atoms with Crippen molar-refractivity contribution in [1.29, 1.82) is 0 Å². The van der Waals surface area contributed by atoms with E-state index in [4.69, 9.17) is 4.74 Å². The molecule has 0 unspecified atom stereocenters. The number of ether oxygens (including phenoxy) is 1. The summed E-state index contributed by atoms with van der Waals surface area (Å²) in [6, 6.07) is 14.1. The van der Waals surface area contributed by atoms with Gasteiger partial charge in [-0.15, -0.1) is 0 Å². The highest BCUT2D eigenvalue weighted by molar-refractivity contribution is 5.94. The molecule has 0 bridgehead atoms. The first kappa shape index (κ1) is 18.7. The normalized spacial score (nSPS) is 15.0. The Morgan fingerprint density at radius 3 is 2.64 bits per heavy atom. The zero-order valence-corrected chi connectivity index (χ0v) is 16.3. The number of aromatic nitrogens is 2. The van der Waals surface area contributed by atoms with Gasteiger partial charge in [0.05, 0.1) is 19.8 Å². The molecule has 6 heteroatoms. The number of para-hydroxylation sites is 1. The molecule has 146 valence electrons. The summed E-state index contributed by atoms with van der Waals surface area (Å²) in [5.41, 5.74) is 2.99. The van der Waals surface area contributed by atoms with Crippen molar-refractivity contribution in [2.24, 2.45) is 7.05 Å². The van der Waals surface area contributed by atoms with Crippen molar-refractivity contribution >= 4 is 16.8 Å². The molecule has 4 rings (SSSR count). The van der Waals surface area contributed by atoms with Gasteiger partial charge in [0.15, 0.2) is 0 Å². The Balaban J connectivity index is 1.56. The molecular formula is C22H26N4O2. The fourth-order valence-electron chi connectivity index (χ4n) is 3.71. The zero-order chi connectivity index (χ0) is 19.3. The highest BCUT2D eigenvalue weighted by Crippen LogP contribution is 2.20. The average Bonchev–Trinajstić information content (AvgIpc) is 3.07. The van der Waals surface area contributed by atoms with Gasteiger partial charge in [0.1, 0.15) is 0 Å². The molecule has 28 heavy (non-hydrogen) atoms. The number of benzene rings is 1. The van der Waals surface area contributed by atoms with Gasteiger partial charge in [-0.25, -0.2) is 0 Å². The Kier molecular flexibility index (Phi) is 5.69. The van der Waals surface area contributed by atoms with Gasteiger partial charge in [0, 0.05) is 62.4 Å². The van der Waals surface area contributed by atoms with Gasteiger partial charge >= 0.3 is 0 Å². The molecule has 1 aromatic carbocycles. The van der Waals surface area contributed by atoms with Crippen LogP contribution in [0.25, 0.3) is 10.9 Å². The number of aryl methyl sites for hydroxylation is 1. The summed E-state index contributed by atoms with van der Waals surface area (Å²) < 4.78 is 7.61. The number of nitrogens with zero attached hydrogens (tertiary/aromatic N) is 4. The fourth-order valence-corrected chi connectivity index (χ4v) is 3.71. The lowest BCUT2D eigenvalue weighted by molar-refractivity contribution is 0.0319. The molecule has 0 spiro atoms. The van der Waals surface area contributed by atoms with E-state index in [1.54, 1.807) is 24.5 Å². The van der Waals surface area contributed by atoms with E-state index < -0.39 is 0 Å². The predicted molar refractivity (Wildman–Crippen MR) is 109 cm³/mol. The van der Waals surface area contributed by atoms with Crippen LogP contribution in [0, 0.1) is 0 Å². The second-order valence-electron chi connectivity index (χ2n) is 7.17. The van der Waals surface area contributed by atoms with Crippen molar-refractivity contribution in [1.82, 2.24) is 19.4 Å². The highest BCUT2D eigenvalue weighted by atomic mass is 16.5. The number of hydrogen-bond donors (Lipinski definition) is 0. The van der Waals surface area contributed by atoms with Crippen molar-refractivity contribution < 1.29 is 9.53 Å². The van der Waals surface area contributed by atoms with Crippen molar-refractivity contribution in [3.63, 3.8) is 0 Å². The van der Waals surface area contributed by atoms with E-state index in [9.17, 15) is 4.79 Å². The molecule has 3 heterocycles. The van der Waals surface area contributed by atoms with Gasteiger partial charge in [-0.2, -0.15) is 0 Å². The Bertz CT molecular complexity index is 932. The third kappa shape index (κ3) is 4.08. The molecule has 6 nitrogen and oxygen atoms in total. The summed E-state index contributed by atoms with van der Waals surface area (Å²) in [6.07, 6.45) is 3.34. The first-order valence-electron chi connectivity index (χ1n) is 9.75. The molecule has 0 N–H and O–H groups in total. The van der Waals surface area contributed by atoms with Gasteiger partial charge in [-0.3, -0.25) is 14.7 Å². The van der Waals surface area contributed by atoms with E-state index in [1.807, 2.05) is 17.0 Å². The number of hydrogen-bond acceptors (Lipinski definition) is 4. The zero-order valence-electron chi connectivity index (χ0n) is 16.3. The highest BCUT2D eigenvalue weighted by Gasteiger charge is 2.20. The Morgan fingerprint density at radius 2 is 1.89 bits per heavy atom. The van der Waals surface area contributed by atoms with Crippen LogP contribution in [0.1, 0.15) is 16.1 Å². The topological polar surface area (TPSA) is 50.6 Å². The van der Waals surface area contributed by atoms with Crippen molar-refractivity contribution in [3.05, 3.63) is 66.1 Å². The Hall–Kier alpha value is -2.70. The number of fused-ring (bicyclic) bond motifs is 1. The fraction of sp³-hybridized carbons (Fsp3) is 0.364. The summed E-state index contributed by atoms with van der Waals surface area (Å²) in [6.45, 7) is 5.49. The van der Waals surface area contributed by atoms with E-state index >= 15 is 0 Å². The van der Waals surface area contributed by atoms with E-state index in [2.05, 4.69) is 39.7 Å². The lowest BCUT2D eigenvalue weighted by Gasteiger charge is -2.30. The van der Waals surface area contributed by atoms with Crippen LogP contribution in [0.5, 0.6) is 0 Å². The van der Waals surface area contributed by atoms with Crippen LogP contribution in [-0.4, -0.2) is 64.7 Å². The molecule has 1 aliphatic heterocycles. The second-order valence-corrected chi connectivity index (χ2v) is 7.17. The van der Waals surface area contributed by atoms with Crippen LogP contribution in [0.4, 0.5) is 0 Å². The van der Waals surface area contributed by atoms with E-state index in [1.165, 1.54) is 10.9 Å². The van der Waals surface area contributed by atoms with E-state index in [-0.39, 0.29) is 5.91 Å². The van der Waals surface area contributed by atoms with Crippen molar-refractivity contribution in [3.8, 4) is 0 Å². The summed E-state index contributed by atoms with van der Waals surface area (Å²) in [7, 11) is 2.06. The van der Waals surface area contributed by atoms with Crippen molar-refractivity contribution in [2.75, 3.05) is 39.4 Å². The molecule has 0 aliphatic carbocycles. The minimum atomic E-state index is 0.0425. The van der Waals surface area contributed by atoms with Crippen molar-refractivity contribution in [2.45, 2.75) is 6.54 Å². The quantitative estimate of drug-likeness (QED) is 0.662. The second kappa shape index (κ2) is 8.54. The number of amides is 1. The minimum Gasteiger partial charge on any atom is -0.379 e. The van der Waals surface area contributed by atoms with E-state index in [0.717, 1.165) is 38.5 Å². The van der Waals surface area contributed by atoms with E-state index in [0.29, 0.717) is 18.7 Å². The minimum absolute atomic E-state index is 0.0425. The third-order valence-corrected chi connectivity index (χ3v) is 5.41. The molecule has 1 aliphatic rings. The molecular weight excluding hydrogens is 352 g/mol. The molecule has 0 radical (unpaired) electrons. The SMILES string of the molecule is Cn1c(CN(CCN2CCOCC2)C(=O)c2ccncc2)cc2ccccc21. The van der Waals surface area contributed by atoms with Crippen LogP contribution < -0.4 is 0 Å². The average molecular weight is 378 g/mol. The maximum Gasteiger partial charge on any atom is 0.254 e. The summed E-state index contributed by atoms with van der Waals surface area (Å²) in [5, 5.41) is 1.20. The third-order valence-electron chi connectivity index (χ3n) is 5.41. The monoisotopic (exact) mass is 378 g/mol. The lowest BCUT2D eigenvalue weighted by Crippen LogP contribution is -2.43. The molecule has 2 aromatic heterocycles. The summed E-state index contributed by atoms with van der Waals surface area (Å²) >= 11 is 0. The summed E-state index contributed by atoms with van der Waals surface area (Å²) in [5.74, 6) is 0.0425. The first-order valence-corrected chi connectivity index (χ1v) is 9.75. The van der Waals surface area contributed by atoms with Gasteiger partial charge in [0.25, 0.3) is 5.91 Å². The van der Waals surface area contributed by atoms with Gasteiger partial charge in [-0.1, -0.05) is 18.2 Å². The predicted octanol–water partition coefficient (Wildman–Crippen LogP) is 2.55. The van der Waals surface area contributed by atoms with Gasteiger partial charge in [-0.05, 0) is 29.7 Å². The smallest absolute Gasteiger partial charge is 0.254 e. The molecule has 1 saturated heterocycles. The molecule has 3 aromatic rings. The largest absolute Gasteiger partial charge is 0.379 e. The number of morpholine rings is 1. The molecule has 1 fully saturated rings. The van der Waals surface area contributed by atoms with Crippen LogP contribution in [0.2, 0.25) is 0 Å². The first-order chi connectivity index (χ1) is 13.7. The van der Waals surface area contributed by atoms with Crippen LogP contribution in [0.15, 0.2) is 54.9 Å². The Labute approximate surface area is 165 Å². The van der Waals surface area contributed by atoms with Gasteiger partial charge in [0.2, 0.25) is 0 Å². The number of carbonyl (C=O) groups excluding carboxylic acids is 1. The lowest BCUT2D eigenvalue weighted by atomic mass is 10.2. The number of carbonyl (C=O) groups is 1. The molecule has 1 amide bonds. The van der Waals surface area contributed by atoms with Crippen LogP contribution in [-0.2, 0) is 18.3 Å². The van der Waals surface area contributed by atoms with Crippen LogP contribution in [0.3, 0.4) is 0 Å². The number of pyridine rings is 1. The Morgan fingerprint density at radius 1 is 1.14 bits per heavy atom. The van der Waals surface area contributed by atoms with Crippen LogP contribution >= 0.6 is 0 Å². The maximum absolute atomic E-state index is 13.2. The number of rotatable bonds is 6. The molecule has 0 saturated carbocycles. The maximum atomic E-state index is 13.2. The summed E-state index contributed by atoms with van der Waals surface area (Å²) in [4.78, 5) is 21.5. The molecule has 0 atom stereocenters. The van der Waals surface area contributed by atoms with Gasteiger partial charge < -0.3 is 14.2 Å². The standard InChI is InChI=1S/C22H26N4O2/c1-24-20(16-19-4-2-3-5-21(19)24)17-26(11-10-25-12-14-28-15-13-25)22(27)18-6-8-23-9-7-18/h2-9,16H,10-15,17H2,1H3.